The molecule has 0 fully saturated rings. The van der Waals surface area contributed by atoms with E-state index in [1.54, 1.807) is 60.7 Å². The van der Waals surface area contributed by atoms with Crippen molar-refractivity contribution < 1.29 is 32.3 Å². The molecule has 0 aliphatic rings. The molecule has 0 spiro atoms. The molecule has 0 aliphatic carbocycles. The Balaban J connectivity index is 1.89. The summed E-state index contributed by atoms with van der Waals surface area (Å²) in [7, 11) is 1.54. The van der Waals surface area contributed by atoms with E-state index in [4.69, 9.17) is 27.9 Å². The topological polar surface area (TPSA) is 84.5 Å². The van der Waals surface area contributed by atoms with Gasteiger partial charge in [0.15, 0.2) is 0 Å². The number of benzene rings is 3. The van der Waals surface area contributed by atoms with Gasteiger partial charge in [-0.1, -0.05) is 73.4 Å². The number of methoxy groups -OCH3 is 1. The van der Waals surface area contributed by atoms with Crippen LogP contribution in [-0.2, 0) is 20.8 Å². The summed E-state index contributed by atoms with van der Waals surface area (Å²) in [5.41, 5.74) is 2.18. The van der Waals surface area contributed by atoms with Gasteiger partial charge >= 0.3 is 6.18 Å². The largest absolute Gasteiger partial charge is 0.497 e. The Morgan fingerprint density at radius 2 is 1.31 bits per heavy atom. The highest BCUT2D eigenvalue weighted by atomic mass is 35.5. The molecule has 2 N–H and O–H groups in total. The molecular formula is C31H31Cl2F3N2O4. The highest BCUT2D eigenvalue weighted by Crippen LogP contribution is 2.30. The number of halogens is 5. The molecule has 2 amide bonds. The molecule has 0 saturated heterocycles. The van der Waals surface area contributed by atoms with Gasteiger partial charge in [0, 0.05) is 28.8 Å². The summed E-state index contributed by atoms with van der Waals surface area (Å²) in [5, 5.41) is 5.86. The molecule has 0 saturated carbocycles. The Morgan fingerprint density at radius 1 is 0.810 bits per heavy atom. The second-order valence-electron chi connectivity index (χ2n) is 10.1. The molecule has 3 atom stereocenters. The number of alkyl halides is 3. The first-order valence-corrected chi connectivity index (χ1v) is 13.9. The Morgan fingerprint density at radius 3 is 1.79 bits per heavy atom. The molecule has 0 radical (unpaired) electrons. The second kappa shape index (κ2) is 14.6. The van der Waals surface area contributed by atoms with Crippen LogP contribution in [0.15, 0.2) is 72.8 Å². The first-order valence-electron chi connectivity index (χ1n) is 13.1. The summed E-state index contributed by atoms with van der Waals surface area (Å²) in [6.45, 7) is 2.79. The minimum atomic E-state index is -5.14. The van der Waals surface area contributed by atoms with Crippen LogP contribution in [0.3, 0.4) is 0 Å². The van der Waals surface area contributed by atoms with Crippen molar-refractivity contribution in [3.63, 3.8) is 0 Å². The lowest BCUT2D eigenvalue weighted by Gasteiger charge is -2.26. The summed E-state index contributed by atoms with van der Waals surface area (Å²) in [6, 6.07) is 17.5. The molecule has 3 rings (SSSR count). The van der Waals surface area contributed by atoms with E-state index >= 15 is 0 Å². The van der Waals surface area contributed by atoms with Gasteiger partial charge in [-0.2, -0.15) is 13.2 Å². The number of amides is 2. The molecule has 0 unspecified atom stereocenters. The van der Waals surface area contributed by atoms with Crippen LogP contribution in [0.5, 0.6) is 5.75 Å². The summed E-state index contributed by atoms with van der Waals surface area (Å²) in [4.78, 5) is 38.8. The van der Waals surface area contributed by atoms with Crippen LogP contribution in [-0.4, -0.2) is 43.0 Å². The number of ketones is 1. The van der Waals surface area contributed by atoms with Crippen molar-refractivity contribution in [2.24, 2.45) is 5.92 Å². The quantitative estimate of drug-likeness (QED) is 0.241. The van der Waals surface area contributed by atoms with Gasteiger partial charge in [-0.05, 0) is 59.0 Å². The first kappa shape index (κ1) is 32.9. The fraction of sp³-hybridized carbons (Fsp3) is 0.323. The van der Waals surface area contributed by atoms with Gasteiger partial charge in [0.1, 0.15) is 11.8 Å². The minimum Gasteiger partial charge on any atom is -0.497 e. The Bertz CT molecular complexity index is 1360. The van der Waals surface area contributed by atoms with Crippen molar-refractivity contribution in [2.75, 3.05) is 7.11 Å². The van der Waals surface area contributed by atoms with Crippen LogP contribution >= 0.6 is 23.2 Å². The minimum absolute atomic E-state index is 0.0477. The van der Waals surface area contributed by atoms with Crippen LogP contribution in [0.1, 0.15) is 42.9 Å². The predicted octanol–water partition coefficient (Wildman–Crippen LogP) is 6.52. The first-order chi connectivity index (χ1) is 19.8. The van der Waals surface area contributed by atoms with E-state index in [-0.39, 0.29) is 12.8 Å². The molecule has 0 aliphatic heterocycles. The molecule has 0 aromatic heterocycles. The van der Waals surface area contributed by atoms with E-state index in [0.29, 0.717) is 21.4 Å². The molecule has 224 valence electrons. The van der Waals surface area contributed by atoms with Gasteiger partial charge < -0.3 is 15.4 Å². The third-order valence-corrected chi connectivity index (χ3v) is 7.22. The number of rotatable bonds is 12. The predicted molar refractivity (Wildman–Crippen MR) is 156 cm³/mol. The second-order valence-corrected chi connectivity index (χ2v) is 11.0. The number of Topliss-reactive ketones (excluding diaryl/α,β-unsaturated/α-hetero) is 1. The van der Waals surface area contributed by atoms with Crippen LogP contribution in [0, 0.1) is 5.92 Å². The van der Waals surface area contributed by atoms with Crippen molar-refractivity contribution in [2.45, 2.75) is 50.9 Å². The average molecular weight is 623 g/mol. The van der Waals surface area contributed by atoms with Gasteiger partial charge in [0.05, 0.1) is 13.2 Å². The SMILES string of the molecule is COc1ccc([C@H](CC(=O)N[C@@H](Cc2ccc(Cl)cc2)C(=O)N[C@H](C(=O)C(F)(F)F)C(C)C)c2ccc(Cl)cc2)cc1. The van der Waals surface area contributed by atoms with Gasteiger partial charge in [0.25, 0.3) is 5.78 Å². The smallest absolute Gasteiger partial charge is 0.452 e. The van der Waals surface area contributed by atoms with E-state index < -0.39 is 47.7 Å². The standard InChI is InChI=1S/C31H31Cl2F3N2O4/c1-18(2)28(29(40)31(34,35)36)38-30(41)26(16-19-4-10-22(32)11-5-19)37-27(39)17-25(20-6-12-23(33)13-7-20)21-8-14-24(42-3)15-9-21/h4-15,18,25-26,28H,16-17H2,1-3H3,(H,37,39)(H,38,41)/t25-,26+,28+/m1/s1. The maximum Gasteiger partial charge on any atom is 0.452 e. The maximum absolute atomic E-state index is 13.5. The Hall–Kier alpha value is -3.56. The van der Waals surface area contributed by atoms with Crippen LogP contribution in [0.4, 0.5) is 13.2 Å². The summed E-state index contributed by atoms with van der Waals surface area (Å²) >= 11 is 12.0. The molecule has 42 heavy (non-hydrogen) atoms. The van der Waals surface area contributed by atoms with Gasteiger partial charge in [-0.15, -0.1) is 0 Å². The highest BCUT2D eigenvalue weighted by Gasteiger charge is 2.45. The van der Waals surface area contributed by atoms with Crippen LogP contribution < -0.4 is 15.4 Å². The number of carbonyl (C=O) groups is 3. The highest BCUT2D eigenvalue weighted by molar-refractivity contribution is 6.30. The van der Waals surface area contributed by atoms with Gasteiger partial charge in [-0.3, -0.25) is 14.4 Å². The fourth-order valence-corrected chi connectivity index (χ4v) is 4.68. The van der Waals surface area contributed by atoms with Crippen molar-refractivity contribution in [1.29, 1.82) is 0 Å². The van der Waals surface area contributed by atoms with E-state index in [1.807, 2.05) is 12.1 Å². The lowest BCUT2D eigenvalue weighted by atomic mass is 9.88. The number of carbonyl (C=O) groups excluding carboxylic acids is 3. The van der Waals surface area contributed by atoms with Gasteiger partial charge in [0.2, 0.25) is 11.8 Å². The third-order valence-electron chi connectivity index (χ3n) is 6.71. The normalized spacial score (nSPS) is 13.6. The van der Waals surface area contributed by atoms with Crippen molar-refractivity contribution in [3.8, 4) is 5.75 Å². The van der Waals surface area contributed by atoms with E-state index in [2.05, 4.69) is 10.6 Å². The average Bonchev–Trinajstić information content (AvgIpc) is 2.95. The molecule has 0 heterocycles. The molecule has 3 aromatic rings. The number of hydrogen-bond acceptors (Lipinski definition) is 4. The zero-order chi connectivity index (χ0) is 31.0. The van der Waals surface area contributed by atoms with Crippen molar-refractivity contribution in [1.82, 2.24) is 10.6 Å². The molecule has 11 heteroatoms. The monoisotopic (exact) mass is 622 g/mol. The van der Waals surface area contributed by atoms with Crippen LogP contribution in [0.25, 0.3) is 0 Å². The third kappa shape index (κ3) is 9.22. The van der Waals surface area contributed by atoms with Crippen molar-refractivity contribution >= 4 is 40.8 Å². The van der Waals surface area contributed by atoms with E-state index in [9.17, 15) is 27.6 Å². The lowest BCUT2D eigenvalue weighted by molar-refractivity contribution is -0.175. The van der Waals surface area contributed by atoms with Crippen molar-refractivity contribution in [3.05, 3.63) is 99.5 Å². The maximum atomic E-state index is 13.5. The molecular weight excluding hydrogens is 592 g/mol. The van der Waals surface area contributed by atoms with E-state index in [0.717, 1.165) is 11.1 Å². The van der Waals surface area contributed by atoms with E-state index in [1.165, 1.54) is 21.0 Å². The zero-order valence-electron chi connectivity index (χ0n) is 23.2. The lowest BCUT2D eigenvalue weighted by Crippen LogP contribution is -2.56. The summed E-state index contributed by atoms with van der Waals surface area (Å²) in [5.74, 6) is -4.16. The molecule has 3 aromatic carbocycles. The summed E-state index contributed by atoms with van der Waals surface area (Å²) < 4.78 is 45.0. The number of nitrogens with one attached hydrogen (secondary N) is 2. The van der Waals surface area contributed by atoms with Crippen LogP contribution in [0.2, 0.25) is 10.0 Å². The number of hydrogen-bond donors (Lipinski definition) is 2. The number of ether oxygens (including phenoxy) is 1. The van der Waals surface area contributed by atoms with Gasteiger partial charge in [-0.25, -0.2) is 0 Å². The summed E-state index contributed by atoms with van der Waals surface area (Å²) in [6.07, 6.45) is -5.28. The Labute approximate surface area is 252 Å². The zero-order valence-corrected chi connectivity index (χ0v) is 24.7. The Kier molecular flexibility index (Phi) is 11.4. The molecule has 6 nitrogen and oxygen atoms in total. The molecule has 0 bridgehead atoms. The fourth-order valence-electron chi connectivity index (χ4n) is 4.43.